The number of methoxy groups -OCH3 is 3. The van der Waals surface area contributed by atoms with Crippen LogP contribution < -0.4 is 19.5 Å². The summed E-state index contributed by atoms with van der Waals surface area (Å²) in [5.41, 5.74) is 6.97. The lowest BCUT2D eigenvalue weighted by Gasteiger charge is -2.12. The van der Waals surface area contributed by atoms with Crippen molar-refractivity contribution >= 4 is 28.1 Å². The van der Waals surface area contributed by atoms with E-state index in [0.717, 1.165) is 38.9 Å². The van der Waals surface area contributed by atoms with Crippen LogP contribution in [0.15, 0.2) is 65.3 Å². The third-order valence-corrected chi connectivity index (χ3v) is 6.14. The smallest absolute Gasteiger partial charge is 0.248 e. The monoisotopic (exact) mass is 471 g/mol. The Kier molecular flexibility index (Phi) is 6.82. The third kappa shape index (κ3) is 4.87. The van der Waals surface area contributed by atoms with Crippen LogP contribution in [0.2, 0.25) is 0 Å². The zero-order chi connectivity index (χ0) is 25.1. The summed E-state index contributed by atoms with van der Waals surface area (Å²) in [7, 11) is 4.85. The highest BCUT2D eigenvalue weighted by Gasteiger charge is 2.18. The summed E-state index contributed by atoms with van der Waals surface area (Å²) in [4.78, 5) is 12.8. The highest BCUT2D eigenvalue weighted by molar-refractivity contribution is 6.05. The molecule has 180 valence electrons. The molecule has 0 spiro atoms. The first-order valence-corrected chi connectivity index (χ1v) is 11.2. The Labute approximate surface area is 205 Å². The van der Waals surface area contributed by atoms with Crippen molar-refractivity contribution in [2.24, 2.45) is 0 Å². The predicted molar refractivity (Wildman–Crippen MR) is 140 cm³/mol. The van der Waals surface area contributed by atoms with Crippen LogP contribution in [0.4, 0.5) is 5.69 Å². The highest BCUT2D eigenvalue weighted by atomic mass is 16.5. The molecule has 0 fully saturated rings. The van der Waals surface area contributed by atoms with Crippen LogP contribution in [0.1, 0.15) is 23.6 Å². The summed E-state index contributed by atoms with van der Waals surface area (Å²) in [5, 5.41) is 3.81. The van der Waals surface area contributed by atoms with Gasteiger partial charge in [-0.15, -0.1) is 0 Å². The number of amides is 1. The third-order valence-electron chi connectivity index (χ3n) is 6.14. The minimum atomic E-state index is -0.213. The first-order valence-electron chi connectivity index (χ1n) is 11.2. The van der Waals surface area contributed by atoms with Crippen molar-refractivity contribution in [3.63, 3.8) is 0 Å². The normalized spacial score (nSPS) is 11.4. The Morgan fingerprint density at radius 3 is 2.31 bits per heavy atom. The van der Waals surface area contributed by atoms with E-state index in [2.05, 4.69) is 5.32 Å². The molecular formula is C29H29NO5. The second-order valence-corrected chi connectivity index (χ2v) is 8.38. The number of hydrogen-bond donors (Lipinski definition) is 1. The molecule has 1 heterocycles. The number of hydrogen-bond acceptors (Lipinski definition) is 5. The molecule has 35 heavy (non-hydrogen) atoms. The average Bonchev–Trinajstić information content (AvgIpc) is 3.27. The van der Waals surface area contributed by atoms with Gasteiger partial charge in [0.05, 0.1) is 27.6 Å². The van der Waals surface area contributed by atoms with Crippen molar-refractivity contribution in [1.82, 2.24) is 0 Å². The number of ether oxygens (including phenoxy) is 3. The molecular weight excluding hydrogens is 442 g/mol. The second-order valence-electron chi connectivity index (χ2n) is 8.38. The molecule has 1 N–H and O–H groups in total. The molecule has 0 unspecified atom stereocenters. The SMILES string of the molecule is COc1ccc(OC)c(-c2coc3cc(OC)c(/C(C)=C/C(=O)Nc4ccc(C)c(C)c4)cc23)c1. The van der Waals surface area contributed by atoms with E-state index in [1.165, 1.54) is 5.56 Å². The topological polar surface area (TPSA) is 69.9 Å². The number of carbonyl (C=O) groups is 1. The number of aryl methyl sites for hydroxylation is 2. The van der Waals surface area contributed by atoms with Crippen LogP contribution in [-0.4, -0.2) is 27.2 Å². The number of anilines is 1. The van der Waals surface area contributed by atoms with Crippen molar-refractivity contribution in [3.8, 4) is 28.4 Å². The van der Waals surface area contributed by atoms with Gasteiger partial charge in [0.1, 0.15) is 22.8 Å². The van der Waals surface area contributed by atoms with Gasteiger partial charge < -0.3 is 23.9 Å². The van der Waals surface area contributed by atoms with Crippen LogP contribution in [0.3, 0.4) is 0 Å². The number of allylic oxidation sites excluding steroid dienone is 1. The van der Waals surface area contributed by atoms with Crippen LogP contribution in [-0.2, 0) is 4.79 Å². The van der Waals surface area contributed by atoms with E-state index in [4.69, 9.17) is 18.6 Å². The molecule has 0 bridgehead atoms. The lowest BCUT2D eigenvalue weighted by atomic mass is 9.98. The van der Waals surface area contributed by atoms with Crippen molar-refractivity contribution < 1.29 is 23.4 Å². The molecule has 0 aliphatic carbocycles. The standard InChI is InChI=1S/C29H29NO5/c1-17-7-8-20(11-18(17)2)30-29(31)12-19(3)22-14-24-25(16-35-28(24)15-27(22)34-6)23-13-21(32-4)9-10-26(23)33-5/h7-16H,1-6H3,(H,30,31)/b19-12+. The summed E-state index contributed by atoms with van der Waals surface area (Å²) in [6, 6.07) is 15.3. The fourth-order valence-electron chi connectivity index (χ4n) is 4.04. The van der Waals surface area contributed by atoms with Gasteiger partial charge in [0.15, 0.2) is 0 Å². The number of nitrogens with one attached hydrogen (secondary N) is 1. The molecule has 3 aromatic carbocycles. The van der Waals surface area contributed by atoms with Crippen LogP contribution in [0.5, 0.6) is 17.2 Å². The van der Waals surface area contributed by atoms with Crippen molar-refractivity contribution in [2.45, 2.75) is 20.8 Å². The highest BCUT2D eigenvalue weighted by Crippen LogP contribution is 2.41. The van der Waals surface area contributed by atoms with Gasteiger partial charge in [-0.3, -0.25) is 4.79 Å². The zero-order valence-electron chi connectivity index (χ0n) is 20.8. The Hall–Kier alpha value is -4.19. The number of benzene rings is 3. The molecule has 6 heteroatoms. The van der Waals surface area contributed by atoms with Gasteiger partial charge in [-0.25, -0.2) is 0 Å². The van der Waals surface area contributed by atoms with E-state index in [-0.39, 0.29) is 5.91 Å². The quantitative estimate of drug-likeness (QED) is 0.301. The maximum Gasteiger partial charge on any atom is 0.248 e. The summed E-state index contributed by atoms with van der Waals surface area (Å²) in [5.74, 6) is 1.81. The molecule has 1 amide bonds. The average molecular weight is 472 g/mol. The largest absolute Gasteiger partial charge is 0.497 e. The van der Waals surface area contributed by atoms with Gasteiger partial charge >= 0.3 is 0 Å². The molecule has 0 atom stereocenters. The van der Waals surface area contributed by atoms with Gasteiger partial charge in [-0.05, 0) is 73.9 Å². The Bertz CT molecular complexity index is 1430. The fraction of sp³-hybridized carbons (Fsp3) is 0.207. The minimum absolute atomic E-state index is 0.213. The number of rotatable bonds is 7. The maximum absolute atomic E-state index is 12.8. The van der Waals surface area contributed by atoms with E-state index in [0.29, 0.717) is 22.8 Å². The van der Waals surface area contributed by atoms with E-state index in [1.807, 2.05) is 69.3 Å². The van der Waals surface area contributed by atoms with E-state index in [1.54, 1.807) is 33.7 Å². The van der Waals surface area contributed by atoms with Crippen molar-refractivity contribution in [2.75, 3.05) is 26.6 Å². The number of furan rings is 1. The fourth-order valence-corrected chi connectivity index (χ4v) is 4.04. The lowest BCUT2D eigenvalue weighted by molar-refractivity contribution is -0.111. The molecule has 4 rings (SSSR count). The lowest BCUT2D eigenvalue weighted by Crippen LogP contribution is -2.09. The summed E-state index contributed by atoms with van der Waals surface area (Å²) >= 11 is 0. The van der Waals surface area contributed by atoms with Crippen molar-refractivity contribution in [1.29, 1.82) is 0 Å². The second kappa shape index (κ2) is 9.97. The Morgan fingerprint density at radius 1 is 0.857 bits per heavy atom. The Balaban J connectivity index is 1.75. The van der Waals surface area contributed by atoms with Crippen LogP contribution >= 0.6 is 0 Å². The number of fused-ring (bicyclic) bond motifs is 1. The van der Waals surface area contributed by atoms with Gasteiger partial charge in [0.25, 0.3) is 0 Å². The van der Waals surface area contributed by atoms with Gasteiger partial charge in [0.2, 0.25) is 5.91 Å². The van der Waals surface area contributed by atoms with Gasteiger partial charge in [-0.1, -0.05) is 6.07 Å². The molecule has 4 aromatic rings. The molecule has 0 aliphatic rings. The van der Waals surface area contributed by atoms with Crippen LogP contribution in [0.25, 0.3) is 27.7 Å². The van der Waals surface area contributed by atoms with E-state index < -0.39 is 0 Å². The van der Waals surface area contributed by atoms with Gasteiger partial charge in [0, 0.05) is 39.9 Å². The predicted octanol–water partition coefficient (Wildman–Crippen LogP) is 6.78. The number of carbonyl (C=O) groups excluding carboxylic acids is 1. The molecule has 0 radical (unpaired) electrons. The van der Waals surface area contributed by atoms with E-state index in [9.17, 15) is 4.79 Å². The Morgan fingerprint density at radius 2 is 1.63 bits per heavy atom. The molecule has 6 nitrogen and oxygen atoms in total. The van der Waals surface area contributed by atoms with E-state index >= 15 is 0 Å². The maximum atomic E-state index is 12.8. The summed E-state index contributed by atoms with van der Waals surface area (Å²) in [6.45, 7) is 5.94. The molecule has 0 aliphatic heterocycles. The summed E-state index contributed by atoms with van der Waals surface area (Å²) in [6.07, 6.45) is 3.27. The van der Waals surface area contributed by atoms with Crippen molar-refractivity contribution in [3.05, 3.63) is 77.6 Å². The van der Waals surface area contributed by atoms with Crippen LogP contribution in [0, 0.1) is 13.8 Å². The molecule has 0 saturated carbocycles. The minimum Gasteiger partial charge on any atom is -0.497 e. The molecule has 1 aromatic heterocycles. The zero-order valence-corrected chi connectivity index (χ0v) is 20.8. The first kappa shape index (κ1) is 24.0. The van der Waals surface area contributed by atoms with Gasteiger partial charge in [-0.2, -0.15) is 0 Å². The first-order chi connectivity index (χ1) is 16.8. The molecule has 0 saturated heterocycles. The summed E-state index contributed by atoms with van der Waals surface area (Å²) < 4.78 is 22.5.